The zero-order chi connectivity index (χ0) is 12.3. The number of nitrogens with zero attached hydrogens (tertiary/aromatic N) is 2. The van der Waals surface area contributed by atoms with Gasteiger partial charge in [-0.2, -0.15) is 0 Å². The Morgan fingerprint density at radius 3 is 2.53 bits per heavy atom. The van der Waals surface area contributed by atoms with E-state index >= 15 is 0 Å². The molecule has 0 aromatic carbocycles. The van der Waals surface area contributed by atoms with Gasteiger partial charge in [-0.05, 0) is 65.2 Å². The molecule has 2 rings (SSSR count). The summed E-state index contributed by atoms with van der Waals surface area (Å²) in [6, 6.07) is 0.732. The minimum Gasteiger partial charge on any atom is -0.319 e. The number of nitrogens with one attached hydrogen (secondary N) is 1. The van der Waals surface area contributed by atoms with Gasteiger partial charge in [-0.3, -0.25) is 0 Å². The van der Waals surface area contributed by atoms with Crippen molar-refractivity contribution in [1.82, 2.24) is 15.1 Å². The molecule has 0 aliphatic carbocycles. The smallest absolute Gasteiger partial charge is 0.00387 e. The molecule has 3 heteroatoms. The average Bonchev–Trinajstić information content (AvgIpc) is 2.89. The second kappa shape index (κ2) is 6.17. The fourth-order valence-corrected chi connectivity index (χ4v) is 3.38. The summed E-state index contributed by atoms with van der Waals surface area (Å²) in [5, 5.41) is 3.31. The van der Waals surface area contributed by atoms with Crippen LogP contribution in [0.2, 0.25) is 0 Å². The van der Waals surface area contributed by atoms with E-state index < -0.39 is 0 Å². The summed E-state index contributed by atoms with van der Waals surface area (Å²) < 4.78 is 0. The third-order valence-electron chi connectivity index (χ3n) is 4.43. The summed E-state index contributed by atoms with van der Waals surface area (Å²) in [4.78, 5) is 5.32. The molecule has 0 aromatic rings. The van der Waals surface area contributed by atoms with Gasteiger partial charge in [0.2, 0.25) is 0 Å². The molecule has 1 N–H and O–H groups in total. The van der Waals surface area contributed by atoms with Gasteiger partial charge in [0.15, 0.2) is 0 Å². The van der Waals surface area contributed by atoms with E-state index in [1.165, 1.54) is 52.1 Å². The first-order valence-corrected chi connectivity index (χ1v) is 7.30. The highest BCUT2D eigenvalue weighted by Crippen LogP contribution is 2.23. The lowest BCUT2D eigenvalue weighted by molar-refractivity contribution is 0.235. The number of likely N-dealkylation sites (tertiary alicyclic amines) is 2. The van der Waals surface area contributed by atoms with E-state index in [4.69, 9.17) is 0 Å². The molecular formula is C14H29N3. The van der Waals surface area contributed by atoms with Gasteiger partial charge in [0.25, 0.3) is 0 Å². The van der Waals surface area contributed by atoms with Crippen molar-refractivity contribution < 1.29 is 0 Å². The maximum Gasteiger partial charge on any atom is 0.00387 e. The van der Waals surface area contributed by atoms with Crippen molar-refractivity contribution in [3.63, 3.8) is 0 Å². The van der Waals surface area contributed by atoms with Gasteiger partial charge in [-0.25, -0.2) is 0 Å². The molecule has 2 fully saturated rings. The summed E-state index contributed by atoms with van der Waals surface area (Å²) in [6.45, 7) is 12.5. The fourth-order valence-electron chi connectivity index (χ4n) is 3.38. The Kier molecular flexibility index (Phi) is 4.83. The van der Waals surface area contributed by atoms with Crippen molar-refractivity contribution in [3.05, 3.63) is 0 Å². The average molecular weight is 239 g/mol. The largest absolute Gasteiger partial charge is 0.319 e. The molecule has 0 amide bonds. The summed E-state index contributed by atoms with van der Waals surface area (Å²) in [7, 11) is 2.07. The van der Waals surface area contributed by atoms with Crippen LogP contribution in [0.4, 0.5) is 0 Å². The summed E-state index contributed by atoms with van der Waals surface area (Å²) in [5.41, 5.74) is 0. The predicted octanol–water partition coefficient (Wildman–Crippen LogP) is 1.26. The molecule has 2 saturated heterocycles. The van der Waals surface area contributed by atoms with Crippen LogP contribution < -0.4 is 5.32 Å². The molecule has 2 aliphatic heterocycles. The van der Waals surface area contributed by atoms with Crippen LogP contribution in [0, 0.1) is 11.8 Å². The molecule has 0 aromatic heterocycles. The van der Waals surface area contributed by atoms with Gasteiger partial charge < -0.3 is 15.1 Å². The highest BCUT2D eigenvalue weighted by Gasteiger charge is 2.28. The minimum atomic E-state index is 0.732. The van der Waals surface area contributed by atoms with E-state index in [1.807, 2.05) is 0 Å². The normalized spacial score (nSPS) is 31.8. The molecule has 2 aliphatic rings. The summed E-state index contributed by atoms with van der Waals surface area (Å²) >= 11 is 0. The molecule has 0 radical (unpaired) electrons. The van der Waals surface area contributed by atoms with E-state index in [0.717, 1.165) is 17.9 Å². The van der Waals surface area contributed by atoms with Crippen molar-refractivity contribution in [2.75, 3.05) is 46.3 Å². The van der Waals surface area contributed by atoms with Crippen LogP contribution in [-0.4, -0.2) is 62.2 Å². The monoisotopic (exact) mass is 239 g/mol. The van der Waals surface area contributed by atoms with Crippen LogP contribution in [0.5, 0.6) is 0 Å². The van der Waals surface area contributed by atoms with Gasteiger partial charge >= 0.3 is 0 Å². The van der Waals surface area contributed by atoms with Crippen molar-refractivity contribution in [1.29, 1.82) is 0 Å². The van der Waals surface area contributed by atoms with E-state index in [1.54, 1.807) is 0 Å². The van der Waals surface area contributed by atoms with E-state index in [-0.39, 0.29) is 0 Å². The lowest BCUT2D eigenvalue weighted by Gasteiger charge is -2.23. The Morgan fingerprint density at radius 1 is 1.12 bits per heavy atom. The van der Waals surface area contributed by atoms with Gasteiger partial charge in [-0.1, -0.05) is 0 Å². The van der Waals surface area contributed by atoms with E-state index in [0.29, 0.717) is 0 Å². The van der Waals surface area contributed by atoms with Crippen LogP contribution in [0.3, 0.4) is 0 Å². The maximum absolute atomic E-state index is 3.31. The van der Waals surface area contributed by atoms with Gasteiger partial charge in [0.05, 0.1) is 0 Å². The lowest BCUT2D eigenvalue weighted by Crippen LogP contribution is -2.32. The summed E-state index contributed by atoms with van der Waals surface area (Å²) in [5.74, 6) is 1.81. The molecule has 0 saturated carbocycles. The molecule has 2 unspecified atom stereocenters. The second-order valence-electron chi connectivity index (χ2n) is 6.22. The van der Waals surface area contributed by atoms with Crippen molar-refractivity contribution in [3.8, 4) is 0 Å². The fraction of sp³-hybridized carbons (Fsp3) is 1.00. The maximum atomic E-state index is 3.31. The number of hydrogen-bond donors (Lipinski definition) is 1. The SMILES string of the molecule is CNCC1CCN(CC2CCN(C(C)C)C2)C1. The van der Waals surface area contributed by atoms with E-state index in [2.05, 4.69) is 36.0 Å². The Bertz CT molecular complexity index is 230. The molecule has 2 atom stereocenters. The third-order valence-corrected chi connectivity index (χ3v) is 4.43. The second-order valence-corrected chi connectivity index (χ2v) is 6.22. The molecule has 0 spiro atoms. The molecule has 100 valence electrons. The number of rotatable bonds is 5. The van der Waals surface area contributed by atoms with Crippen LogP contribution in [0.25, 0.3) is 0 Å². The Labute approximate surface area is 107 Å². The Morgan fingerprint density at radius 2 is 1.88 bits per heavy atom. The highest BCUT2D eigenvalue weighted by atomic mass is 15.2. The summed E-state index contributed by atoms with van der Waals surface area (Å²) in [6.07, 6.45) is 2.80. The first-order valence-electron chi connectivity index (χ1n) is 7.30. The third kappa shape index (κ3) is 3.67. The molecule has 0 bridgehead atoms. The van der Waals surface area contributed by atoms with Gasteiger partial charge in [0.1, 0.15) is 0 Å². The van der Waals surface area contributed by atoms with Crippen molar-refractivity contribution in [2.45, 2.75) is 32.7 Å². The minimum absolute atomic E-state index is 0.732. The lowest BCUT2D eigenvalue weighted by atomic mass is 10.1. The van der Waals surface area contributed by atoms with Gasteiger partial charge in [-0.15, -0.1) is 0 Å². The predicted molar refractivity (Wildman–Crippen MR) is 73.3 cm³/mol. The first kappa shape index (κ1) is 13.3. The van der Waals surface area contributed by atoms with Crippen LogP contribution in [0.15, 0.2) is 0 Å². The van der Waals surface area contributed by atoms with Crippen LogP contribution in [-0.2, 0) is 0 Å². The Hall–Kier alpha value is -0.120. The zero-order valence-corrected chi connectivity index (χ0v) is 11.8. The molecule has 3 nitrogen and oxygen atoms in total. The van der Waals surface area contributed by atoms with E-state index in [9.17, 15) is 0 Å². The molecular weight excluding hydrogens is 210 g/mol. The van der Waals surface area contributed by atoms with Gasteiger partial charge in [0, 0.05) is 25.7 Å². The van der Waals surface area contributed by atoms with Crippen molar-refractivity contribution >= 4 is 0 Å². The molecule has 17 heavy (non-hydrogen) atoms. The van der Waals surface area contributed by atoms with Crippen molar-refractivity contribution in [2.24, 2.45) is 11.8 Å². The first-order chi connectivity index (χ1) is 8.19. The standard InChI is InChI=1S/C14H29N3/c1-12(2)17-7-5-14(11-17)10-16-6-4-13(9-16)8-15-3/h12-15H,4-11H2,1-3H3. The number of hydrogen-bond acceptors (Lipinski definition) is 3. The van der Waals surface area contributed by atoms with Crippen LogP contribution >= 0.6 is 0 Å². The molecule has 2 heterocycles. The zero-order valence-electron chi connectivity index (χ0n) is 11.8. The topological polar surface area (TPSA) is 18.5 Å². The Balaban J connectivity index is 1.69. The highest BCUT2D eigenvalue weighted by molar-refractivity contribution is 4.83. The quantitative estimate of drug-likeness (QED) is 0.779. The van der Waals surface area contributed by atoms with Crippen LogP contribution in [0.1, 0.15) is 26.7 Å².